The topological polar surface area (TPSA) is 22.2 Å². The highest BCUT2D eigenvalue weighted by Gasteiger charge is 2.56. The lowest BCUT2D eigenvalue weighted by Crippen LogP contribution is -2.70. The number of hydrogen-bond donors (Lipinski definition) is 0. The van der Waals surface area contributed by atoms with Crippen molar-refractivity contribution in [3.05, 3.63) is 107 Å². The van der Waals surface area contributed by atoms with Crippen molar-refractivity contribution in [3.63, 3.8) is 0 Å². The molecule has 4 heteroatoms. The first-order chi connectivity index (χ1) is 22.3. The van der Waals surface area contributed by atoms with Gasteiger partial charge in [-0.1, -0.05) is 105 Å². The number of nitrogens with zero attached hydrogens (tertiary/aromatic N) is 3. The minimum atomic E-state index is 0.0824. The van der Waals surface area contributed by atoms with Crippen LogP contribution < -0.4 is 16.4 Å². The largest absolute Gasteiger partial charge is 0.281 e. The Morgan fingerprint density at radius 3 is 2.00 bits per heavy atom. The van der Waals surface area contributed by atoms with Gasteiger partial charge in [0.2, 0.25) is 12.5 Å². The number of rotatable bonds is 0. The molecule has 12 rings (SSSR count). The summed E-state index contributed by atoms with van der Waals surface area (Å²) < 4.78 is 5.07. The number of para-hydroxylation sites is 2. The van der Waals surface area contributed by atoms with Gasteiger partial charge in [-0.2, -0.15) is 0 Å². The number of aromatic nitrogens is 3. The second-order valence-corrected chi connectivity index (χ2v) is 14.9. The third-order valence-corrected chi connectivity index (χ3v) is 13.1. The molecule has 2 aliphatic carbocycles. The molecule has 5 heterocycles. The Morgan fingerprint density at radius 2 is 1.22 bits per heavy atom. The van der Waals surface area contributed by atoms with Crippen LogP contribution in [0.4, 0.5) is 0 Å². The van der Waals surface area contributed by atoms with Gasteiger partial charge in [0.05, 0.1) is 22.1 Å². The Balaban J connectivity index is 1.38. The summed E-state index contributed by atoms with van der Waals surface area (Å²) in [6.07, 6.45) is 13.0. The van der Waals surface area contributed by atoms with Crippen LogP contribution in [0.3, 0.4) is 0 Å². The van der Waals surface area contributed by atoms with Crippen LogP contribution in [0.5, 0.6) is 0 Å². The summed E-state index contributed by atoms with van der Waals surface area (Å²) in [5.74, 6) is 1.05. The average molecular weight is 580 g/mol. The molecule has 2 fully saturated rings. The molecule has 45 heavy (non-hydrogen) atoms. The second kappa shape index (κ2) is 7.91. The molecule has 0 bridgehead atoms. The molecule has 0 radical (unpaired) electrons. The van der Waals surface area contributed by atoms with E-state index >= 15 is 0 Å². The Hall–Kier alpha value is -4.31. The summed E-state index contributed by atoms with van der Waals surface area (Å²) in [5.41, 5.74) is 17.9. The van der Waals surface area contributed by atoms with Gasteiger partial charge in [-0.15, -0.1) is 0 Å². The van der Waals surface area contributed by atoms with Crippen LogP contribution in [0.1, 0.15) is 86.5 Å². The van der Waals surface area contributed by atoms with Crippen molar-refractivity contribution < 1.29 is 0 Å². The first-order valence-corrected chi connectivity index (χ1v) is 17.5. The number of imidazole rings is 1. The summed E-state index contributed by atoms with van der Waals surface area (Å²) in [6, 6.07) is 33.2. The fraction of sp³-hybridized carbons (Fsp3) is 0.293. The van der Waals surface area contributed by atoms with Crippen LogP contribution in [-0.4, -0.2) is 20.7 Å². The molecule has 0 amide bonds. The smallest absolute Gasteiger partial charge is 0.248 e. The number of fused-ring (bicyclic) bond motifs is 10. The summed E-state index contributed by atoms with van der Waals surface area (Å²) in [7, 11) is 0. The molecule has 3 nitrogen and oxygen atoms in total. The van der Waals surface area contributed by atoms with Crippen molar-refractivity contribution >= 4 is 61.7 Å². The maximum Gasteiger partial charge on any atom is 0.248 e. The van der Waals surface area contributed by atoms with E-state index in [9.17, 15) is 0 Å². The predicted molar refractivity (Wildman–Crippen MR) is 186 cm³/mol. The van der Waals surface area contributed by atoms with Gasteiger partial charge in [0.15, 0.2) is 0 Å². The van der Waals surface area contributed by atoms with Gasteiger partial charge in [0.25, 0.3) is 0 Å². The Labute approximate surface area is 263 Å². The summed E-state index contributed by atoms with van der Waals surface area (Å²) >= 11 is 0. The first-order valence-electron chi connectivity index (χ1n) is 17.5. The van der Waals surface area contributed by atoms with Crippen molar-refractivity contribution in [2.75, 3.05) is 0 Å². The molecule has 0 saturated heterocycles. The van der Waals surface area contributed by atoms with Gasteiger partial charge in [0.1, 0.15) is 0 Å². The molecule has 5 aromatic carbocycles. The van der Waals surface area contributed by atoms with Crippen molar-refractivity contribution in [3.8, 4) is 5.69 Å². The van der Waals surface area contributed by atoms with Gasteiger partial charge in [-0.3, -0.25) is 8.97 Å². The van der Waals surface area contributed by atoms with E-state index in [4.69, 9.17) is 4.98 Å². The van der Waals surface area contributed by atoms with Crippen LogP contribution in [-0.2, 0) is 10.8 Å². The zero-order valence-corrected chi connectivity index (χ0v) is 25.6. The number of hydrogen-bond acceptors (Lipinski definition) is 1. The molecule has 2 aromatic heterocycles. The zero-order chi connectivity index (χ0) is 29.1. The minimum Gasteiger partial charge on any atom is -0.281 e. The van der Waals surface area contributed by atoms with Crippen molar-refractivity contribution in [2.24, 2.45) is 0 Å². The lowest BCUT2D eigenvalue weighted by Gasteiger charge is -2.54. The quantitative estimate of drug-likeness (QED) is 0.170. The van der Waals surface area contributed by atoms with E-state index < -0.39 is 0 Å². The molecule has 0 N–H and O–H groups in total. The van der Waals surface area contributed by atoms with Gasteiger partial charge in [-0.05, 0) is 88.5 Å². The molecule has 3 aliphatic heterocycles. The SMILES string of the molecule is c1cc2c3c(c1)C1(CCCCC1)c1cccc4c1B3c1c(cc3cccc5c3c1n-2c1nc2ccccc2n51)C41CCCCC1. The third-order valence-electron chi connectivity index (χ3n) is 13.1. The zero-order valence-electron chi connectivity index (χ0n) is 25.6. The summed E-state index contributed by atoms with van der Waals surface area (Å²) in [6.45, 7) is 0.289. The van der Waals surface area contributed by atoms with Crippen LogP contribution in [0.2, 0.25) is 0 Å². The Kier molecular flexibility index (Phi) is 4.22. The van der Waals surface area contributed by atoms with Crippen LogP contribution >= 0.6 is 0 Å². The lowest BCUT2D eigenvalue weighted by molar-refractivity contribution is 0.338. The molecule has 216 valence electrons. The van der Waals surface area contributed by atoms with Crippen molar-refractivity contribution in [2.45, 2.75) is 75.0 Å². The highest BCUT2D eigenvalue weighted by atomic mass is 15.2. The molecule has 7 aromatic rings. The normalized spacial score (nSPS) is 19.9. The predicted octanol–water partition coefficient (Wildman–Crippen LogP) is 7.54. The lowest BCUT2D eigenvalue weighted by atomic mass is 9.25. The van der Waals surface area contributed by atoms with Gasteiger partial charge >= 0.3 is 0 Å². The van der Waals surface area contributed by atoms with Crippen LogP contribution in [0.25, 0.3) is 44.3 Å². The van der Waals surface area contributed by atoms with E-state index in [0.717, 1.165) is 11.3 Å². The van der Waals surface area contributed by atoms with Crippen molar-refractivity contribution in [1.29, 1.82) is 0 Å². The minimum absolute atomic E-state index is 0.0824. The maximum absolute atomic E-state index is 5.45. The van der Waals surface area contributed by atoms with E-state index in [2.05, 4.69) is 93.9 Å². The van der Waals surface area contributed by atoms with E-state index in [1.807, 2.05) is 0 Å². The molecule has 5 aliphatic rings. The summed E-state index contributed by atoms with van der Waals surface area (Å²) in [4.78, 5) is 5.45. The molecule has 2 saturated carbocycles. The van der Waals surface area contributed by atoms with Gasteiger partial charge in [0, 0.05) is 21.9 Å². The highest BCUT2D eigenvalue weighted by Crippen LogP contribution is 2.53. The second-order valence-electron chi connectivity index (χ2n) is 14.9. The standard InChI is InChI=1S/C41H34BN3/c1-5-20-40(21-6-1)26-13-10-14-27-35(26)42-36-28(40)15-11-19-33(36)45-38-34-25(24-29(37(38)42)41(27)22-7-2-8-23-41)12-9-18-32(34)44-31-17-4-3-16-30(31)43-39(44)45/h3-4,9-19,24H,1-2,5-8,20-23H2. The van der Waals surface area contributed by atoms with E-state index in [0.29, 0.717) is 0 Å². The monoisotopic (exact) mass is 579 g/mol. The molecular formula is C41H34BN3. The van der Waals surface area contributed by atoms with Crippen molar-refractivity contribution in [1.82, 2.24) is 14.0 Å². The Bertz CT molecular complexity index is 2460. The van der Waals surface area contributed by atoms with Crippen LogP contribution in [0, 0.1) is 0 Å². The van der Waals surface area contributed by atoms with Crippen LogP contribution in [0.15, 0.2) is 84.9 Å². The van der Waals surface area contributed by atoms with Gasteiger partial charge in [-0.25, -0.2) is 4.98 Å². The Morgan fingerprint density at radius 1 is 0.578 bits per heavy atom. The fourth-order valence-corrected chi connectivity index (χ4v) is 11.6. The first kappa shape index (κ1) is 24.0. The molecule has 0 atom stereocenters. The molecule has 2 spiro atoms. The van der Waals surface area contributed by atoms with Gasteiger partial charge < -0.3 is 0 Å². The van der Waals surface area contributed by atoms with E-state index in [-0.39, 0.29) is 17.5 Å². The molecule has 0 unspecified atom stereocenters. The molecular weight excluding hydrogens is 545 g/mol. The number of benzene rings is 5. The van der Waals surface area contributed by atoms with E-state index in [1.165, 1.54) is 97.2 Å². The van der Waals surface area contributed by atoms with E-state index in [1.54, 1.807) is 38.6 Å². The highest BCUT2D eigenvalue weighted by molar-refractivity contribution is 7.00. The average Bonchev–Trinajstić information content (AvgIpc) is 3.49. The summed E-state index contributed by atoms with van der Waals surface area (Å²) in [5, 5.41) is 2.77. The third kappa shape index (κ3) is 2.55. The maximum atomic E-state index is 5.45. The fourth-order valence-electron chi connectivity index (χ4n) is 11.6.